The number of carbonyl (C=O) groups is 1. The first-order chi connectivity index (χ1) is 11.0. The van der Waals surface area contributed by atoms with Gasteiger partial charge in [-0.3, -0.25) is 4.79 Å². The van der Waals surface area contributed by atoms with E-state index in [9.17, 15) is 4.79 Å². The van der Waals surface area contributed by atoms with E-state index in [1.165, 1.54) is 0 Å². The van der Waals surface area contributed by atoms with Gasteiger partial charge in [0.25, 0.3) is 0 Å². The highest BCUT2D eigenvalue weighted by Gasteiger charge is 2.13. The molecule has 2 aromatic carbocycles. The number of aryl methyl sites for hydroxylation is 3. The van der Waals surface area contributed by atoms with E-state index in [4.69, 9.17) is 5.73 Å². The Balaban J connectivity index is 1.87. The Morgan fingerprint density at radius 3 is 2.78 bits per heavy atom. The van der Waals surface area contributed by atoms with Crippen LogP contribution in [0.3, 0.4) is 0 Å². The number of benzene rings is 2. The predicted octanol–water partition coefficient (Wildman–Crippen LogP) is 3.18. The molecule has 0 spiro atoms. The van der Waals surface area contributed by atoms with E-state index in [0.717, 1.165) is 33.7 Å². The zero-order chi connectivity index (χ0) is 16.6. The fourth-order valence-electron chi connectivity index (χ4n) is 2.69. The summed E-state index contributed by atoms with van der Waals surface area (Å²) in [6.45, 7) is 6.07. The maximum atomic E-state index is 12.4. The predicted molar refractivity (Wildman–Crippen MR) is 93.4 cm³/mol. The highest BCUT2D eigenvalue weighted by atomic mass is 16.1. The Morgan fingerprint density at radius 1 is 1.22 bits per heavy atom. The molecule has 0 aliphatic rings. The van der Waals surface area contributed by atoms with Crippen LogP contribution in [0.5, 0.6) is 0 Å². The minimum atomic E-state index is -0.0801. The number of para-hydroxylation sites is 1. The second kappa shape index (κ2) is 5.76. The van der Waals surface area contributed by atoms with E-state index in [-0.39, 0.29) is 12.5 Å². The van der Waals surface area contributed by atoms with Crippen molar-refractivity contribution in [1.29, 1.82) is 0 Å². The van der Waals surface area contributed by atoms with E-state index >= 15 is 0 Å². The summed E-state index contributed by atoms with van der Waals surface area (Å²) >= 11 is 0. The highest BCUT2D eigenvalue weighted by Crippen LogP contribution is 2.22. The Bertz CT molecular complexity index is 895. The minimum Gasteiger partial charge on any atom is -0.397 e. The largest absolute Gasteiger partial charge is 0.397 e. The summed E-state index contributed by atoms with van der Waals surface area (Å²) in [5.74, 6) is 0.692. The van der Waals surface area contributed by atoms with Crippen molar-refractivity contribution in [2.45, 2.75) is 27.3 Å². The summed E-state index contributed by atoms with van der Waals surface area (Å²) in [6, 6.07) is 11.6. The monoisotopic (exact) mass is 308 g/mol. The molecule has 0 aliphatic carbocycles. The van der Waals surface area contributed by atoms with E-state index in [0.29, 0.717) is 5.69 Å². The lowest BCUT2D eigenvalue weighted by atomic mass is 10.1. The molecular weight excluding hydrogens is 288 g/mol. The van der Waals surface area contributed by atoms with Crippen molar-refractivity contribution in [2.24, 2.45) is 0 Å². The number of anilines is 2. The molecule has 0 aliphatic heterocycles. The quantitative estimate of drug-likeness (QED) is 0.730. The topological polar surface area (TPSA) is 72.9 Å². The van der Waals surface area contributed by atoms with Gasteiger partial charge in [-0.2, -0.15) is 0 Å². The molecule has 3 N–H and O–H groups in total. The number of hydrogen-bond acceptors (Lipinski definition) is 3. The molecule has 0 saturated carbocycles. The van der Waals surface area contributed by atoms with Gasteiger partial charge in [0, 0.05) is 5.69 Å². The summed E-state index contributed by atoms with van der Waals surface area (Å²) in [7, 11) is 0. The smallest absolute Gasteiger partial charge is 0.244 e. The second-order valence-corrected chi connectivity index (χ2v) is 5.83. The third-order valence-corrected chi connectivity index (χ3v) is 3.97. The van der Waals surface area contributed by atoms with Crippen LogP contribution in [-0.4, -0.2) is 15.5 Å². The molecule has 0 radical (unpaired) electrons. The molecule has 0 saturated heterocycles. The Labute approximate surface area is 135 Å². The van der Waals surface area contributed by atoms with Gasteiger partial charge in [0.05, 0.1) is 11.2 Å². The van der Waals surface area contributed by atoms with Gasteiger partial charge in [0.1, 0.15) is 17.9 Å². The first-order valence-corrected chi connectivity index (χ1v) is 7.54. The molecule has 1 heterocycles. The molecule has 0 fully saturated rings. The molecule has 0 atom stereocenters. The van der Waals surface area contributed by atoms with Crippen molar-refractivity contribution in [3.63, 3.8) is 0 Å². The van der Waals surface area contributed by atoms with Crippen molar-refractivity contribution in [1.82, 2.24) is 9.55 Å². The summed E-state index contributed by atoms with van der Waals surface area (Å²) in [6.07, 6.45) is 0. The maximum Gasteiger partial charge on any atom is 0.244 e. The lowest BCUT2D eigenvalue weighted by Gasteiger charge is -2.11. The van der Waals surface area contributed by atoms with Gasteiger partial charge in [0.15, 0.2) is 0 Å². The van der Waals surface area contributed by atoms with Gasteiger partial charge >= 0.3 is 0 Å². The van der Waals surface area contributed by atoms with Crippen LogP contribution in [0.2, 0.25) is 0 Å². The van der Waals surface area contributed by atoms with Crippen molar-refractivity contribution in [3.05, 3.63) is 53.3 Å². The summed E-state index contributed by atoms with van der Waals surface area (Å²) < 4.78 is 1.88. The van der Waals surface area contributed by atoms with E-state index in [1.807, 2.05) is 61.7 Å². The van der Waals surface area contributed by atoms with Crippen LogP contribution in [0, 0.1) is 20.8 Å². The third-order valence-electron chi connectivity index (χ3n) is 3.97. The van der Waals surface area contributed by atoms with Crippen molar-refractivity contribution >= 4 is 28.3 Å². The van der Waals surface area contributed by atoms with Crippen LogP contribution in [0.4, 0.5) is 11.4 Å². The molecule has 5 nitrogen and oxygen atoms in total. The summed E-state index contributed by atoms with van der Waals surface area (Å²) in [5.41, 5.74) is 11.2. The van der Waals surface area contributed by atoms with E-state index < -0.39 is 0 Å². The molecular formula is C18H20N4O. The molecule has 118 valence electrons. The number of hydrogen-bond donors (Lipinski definition) is 2. The number of nitrogens with one attached hydrogen (secondary N) is 1. The summed E-state index contributed by atoms with van der Waals surface area (Å²) in [4.78, 5) is 16.9. The normalized spacial score (nSPS) is 10.9. The van der Waals surface area contributed by atoms with Gasteiger partial charge in [-0.1, -0.05) is 18.2 Å². The van der Waals surface area contributed by atoms with Crippen molar-refractivity contribution < 1.29 is 4.79 Å². The number of nitrogens with two attached hydrogens (primary N) is 1. The SMILES string of the molecule is Cc1ccc(C)c(NC(=O)Cn2c(C)nc3c(N)cccc32)c1. The van der Waals surface area contributed by atoms with Crippen molar-refractivity contribution in [2.75, 3.05) is 11.1 Å². The average Bonchev–Trinajstić information content (AvgIpc) is 2.81. The number of carbonyl (C=O) groups excluding carboxylic acids is 1. The lowest BCUT2D eigenvalue weighted by molar-refractivity contribution is -0.116. The van der Waals surface area contributed by atoms with Gasteiger partial charge in [-0.25, -0.2) is 4.98 Å². The van der Waals surface area contributed by atoms with Gasteiger partial charge in [0.2, 0.25) is 5.91 Å². The molecule has 23 heavy (non-hydrogen) atoms. The van der Waals surface area contributed by atoms with Gasteiger partial charge in [-0.05, 0) is 50.1 Å². The van der Waals surface area contributed by atoms with Crippen LogP contribution >= 0.6 is 0 Å². The summed E-state index contributed by atoms with van der Waals surface area (Å²) in [5, 5.41) is 2.98. The highest BCUT2D eigenvalue weighted by molar-refractivity contribution is 5.93. The van der Waals surface area contributed by atoms with Gasteiger partial charge in [-0.15, -0.1) is 0 Å². The fraction of sp³-hybridized carbons (Fsp3) is 0.222. The number of nitrogen functional groups attached to an aromatic ring is 1. The number of rotatable bonds is 3. The number of fused-ring (bicyclic) bond motifs is 1. The molecule has 5 heteroatoms. The molecule has 3 aromatic rings. The number of imidazole rings is 1. The minimum absolute atomic E-state index is 0.0801. The number of aromatic nitrogens is 2. The molecule has 0 unspecified atom stereocenters. The number of nitrogens with zero attached hydrogens (tertiary/aromatic N) is 2. The molecule has 1 aromatic heterocycles. The third kappa shape index (κ3) is 2.90. The Hall–Kier alpha value is -2.82. The van der Waals surface area contributed by atoms with Crippen LogP contribution in [0.15, 0.2) is 36.4 Å². The standard InChI is InChI=1S/C18H20N4O/c1-11-7-8-12(2)15(9-11)21-17(23)10-22-13(3)20-18-14(19)5-4-6-16(18)22/h4-9H,10,19H2,1-3H3,(H,21,23). The zero-order valence-corrected chi connectivity index (χ0v) is 13.6. The Morgan fingerprint density at radius 2 is 2.00 bits per heavy atom. The van der Waals surface area contributed by atoms with Crippen LogP contribution in [-0.2, 0) is 11.3 Å². The van der Waals surface area contributed by atoms with Crippen LogP contribution in [0.25, 0.3) is 11.0 Å². The second-order valence-electron chi connectivity index (χ2n) is 5.83. The van der Waals surface area contributed by atoms with E-state index in [1.54, 1.807) is 0 Å². The molecule has 3 rings (SSSR count). The molecule has 1 amide bonds. The lowest BCUT2D eigenvalue weighted by Crippen LogP contribution is -2.20. The average molecular weight is 308 g/mol. The van der Waals surface area contributed by atoms with Crippen molar-refractivity contribution in [3.8, 4) is 0 Å². The Kier molecular flexibility index (Phi) is 3.78. The van der Waals surface area contributed by atoms with Crippen LogP contribution < -0.4 is 11.1 Å². The van der Waals surface area contributed by atoms with Gasteiger partial charge < -0.3 is 15.6 Å². The first-order valence-electron chi connectivity index (χ1n) is 7.54. The zero-order valence-electron chi connectivity index (χ0n) is 13.6. The maximum absolute atomic E-state index is 12.4. The van der Waals surface area contributed by atoms with E-state index in [2.05, 4.69) is 10.3 Å². The first kappa shape index (κ1) is 15.1. The number of amides is 1. The fourth-order valence-corrected chi connectivity index (χ4v) is 2.69. The van der Waals surface area contributed by atoms with Crippen LogP contribution in [0.1, 0.15) is 17.0 Å². The molecule has 0 bridgehead atoms.